The van der Waals surface area contributed by atoms with Gasteiger partial charge in [0.25, 0.3) is 0 Å². The first-order valence-corrected chi connectivity index (χ1v) is 11.9. The van der Waals surface area contributed by atoms with E-state index < -0.39 is 18.5 Å². The molecular formula is C26H27NO5S. The summed E-state index contributed by atoms with van der Waals surface area (Å²) in [4.78, 5) is 23.4. The van der Waals surface area contributed by atoms with Crippen LogP contribution in [0.1, 0.15) is 52.4 Å². The first-order chi connectivity index (χ1) is 15.9. The summed E-state index contributed by atoms with van der Waals surface area (Å²) < 4.78 is 5.31. The number of hydrogen-bond acceptors (Lipinski definition) is 5. The quantitative estimate of drug-likeness (QED) is 0.376. The van der Waals surface area contributed by atoms with Crippen LogP contribution >= 0.6 is 11.3 Å². The molecule has 172 valence electrons. The Kier molecular flexibility index (Phi) is 6.99. The molecule has 1 heterocycles. The third-order valence-corrected chi connectivity index (χ3v) is 7.43. The van der Waals surface area contributed by atoms with Crippen LogP contribution in [0, 0.1) is 6.92 Å². The van der Waals surface area contributed by atoms with Crippen molar-refractivity contribution < 1.29 is 24.5 Å². The van der Waals surface area contributed by atoms with Crippen LogP contribution in [0.3, 0.4) is 0 Å². The van der Waals surface area contributed by atoms with E-state index in [4.69, 9.17) is 9.84 Å². The van der Waals surface area contributed by atoms with Gasteiger partial charge in [-0.15, -0.1) is 11.3 Å². The smallest absolute Gasteiger partial charge is 0.349 e. The van der Waals surface area contributed by atoms with Crippen molar-refractivity contribution in [2.75, 3.05) is 11.9 Å². The zero-order valence-corrected chi connectivity index (χ0v) is 19.2. The van der Waals surface area contributed by atoms with E-state index in [1.165, 1.54) is 5.56 Å². The van der Waals surface area contributed by atoms with Gasteiger partial charge in [0.1, 0.15) is 5.75 Å². The molecule has 0 unspecified atom stereocenters. The van der Waals surface area contributed by atoms with Gasteiger partial charge in [0, 0.05) is 22.2 Å². The van der Waals surface area contributed by atoms with Crippen LogP contribution in [0.5, 0.6) is 5.75 Å². The lowest BCUT2D eigenvalue weighted by Crippen LogP contribution is -2.25. The van der Waals surface area contributed by atoms with Crippen LogP contribution in [0.25, 0.3) is 10.4 Å². The van der Waals surface area contributed by atoms with Crippen molar-refractivity contribution in [1.29, 1.82) is 0 Å². The molecular weight excluding hydrogens is 438 g/mol. The van der Waals surface area contributed by atoms with Gasteiger partial charge in [-0.1, -0.05) is 42.5 Å². The molecule has 0 amide bonds. The van der Waals surface area contributed by atoms with Crippen LogP contribution in [-0.4, -0.2) is 34.8 Å². The van der Waals surface area contributed by atoms with Crippen molar-refractivity contribution in [3.63, 3.8) is 0 Å². The number of aliphatic carboxylic acids is 1. The zero-order valence-electron chi connectivity index (χ0n) is 18.4. The third-order valence-electron chi connectivity index (χ3n) is 6.12. The number of nitrogens with one attached hydrogen (secondary N) is 1. The zero-order chi connectivity index (χ0) is 23.4. The Balaban J connectivity index is 1.48. The van der Waals surface area contributed by atoms with Crippen molar-refractivity contribution in [1.82, 2.24) is 0 Å². The lowest BCUT2D eigenvalue weighted by atomic mass is 9.81. The molecule has 0 bridgehead atoms. The monoisotopic (exact) mass is 465 g/mol. The highest BCUT2D eigenvalue weighted by molar-refractivity contribution is 7.18. The summed E-state index contributed by atoms with van der Waals surface area (Å²) in [5.74, 6) is -1.53. The number of ether oxygens (including phenoxy) is 1. The average molecular weight is 466 g/mol. The van der Waals surface area contributed by atoms with E-state index in [1.807, 2.05) is 24.3 Å². The number of aromatic carboxylic acids is 1. The Labute approximate surface area is 196 Å². The molecule has 3 aromatic rings. The fraction of sp³-hybridized carbons (Fsp3) is 0.308. The topological polar surface area (TPSA) is 95.9 Å². The second-order valence-electron chi connectivity index (χ2n) is 8.39. The van der Waals surface area contributed by atoms with Crippen molar-refractivity contribution >= 4 is 29.0 Å². The average Bonchev–Trinajstić information content (AvgIpc) is 3.15. The summed E-state index contributed by atoms with van der Waals surface area (Å²) >= 11 is 1.11. The maximum Gasteiger partial charge on any atom is 0.349 e. The Morgan fingerprint density at radius 1 is 1.03 bits per heavy atom. The molecule has 0 spiro atoms. The van der Waals surface area contributed by atoms with E-state index in [-0.39, 0.29) is 10.6 Å². The lowest BCUT2D eigenvalue weighted by molar-refractivity contribution is -0.139. The van der Waals surface area contributed by atoms with Gasteiger partial charge < -0.3 is 20.3 Å². The van der Waals surface area contributed by atoms with Crippen molar-refractivity contribution in [3.05, 3.63) is 70.6 Å². The number of carboxylic acid groups (broad SMARTS) is 2. The van der Waals surface area contributed by atoms with Gasteiger partial charge in [0.15, 0.2) is 11.5 Å². The van der Waals surface area contributed by atoms with Gasteiger partial charge in [-0.05, 0) is 61.8 Å². The first kappa shape index (κ1) is 22.9. The van der Waals surface area contributed by atoms with E-state index in [9.17, 15) is 14.7 Å². The lowest BCUT2D eigenvalue weighted by Gasteiger charge is -2.30. The number of thiophene rings is 1. The van der Waals surface area contributed by atoms with Gasteiger partial charge in [-0.25, -0.2) is 9.59 Å². The summed E-state index contributed by atoms with van der Waals surface area (Å²) in [5, 5.41) is 22.1. The largest absolute Gasteiger partial charge is 0.480 e. The fourth-order valence-electron chi connectivity index (χ4n) is 4.50. The molecule has 1 aromatic heterocycles. The highest BCUT2D eigenvalue weighted by atomic mass is 32.1. The second kappa shape index (κ2) is 10.1. The highest BCUT2D eigenvalue weighted by Gasteiger charge is 2.24. The molecule has 33 heavy (non-hydrogen) atoms. The Morgan fingerprint density at radius 2 is 1.76 bits per heavy atom. The Morgan fingerprint density at radius 3 is 2.42 bits per heavy atom. The Hall–Kier alpha value is -3.32. The third kappa shape index (κ3) is 5.37. The molecule has 7 heteroatoms. The van der Waals surface area contributed by atoms with Gasteiger partial charge >= 0.3 is 11.9 Å². The van der Waals surface area contributed by atoms with Gasteiger partial charge in [0.05, 0.1) is 0 Å². The minimum absolute atomic E-state index is 0.0151. The number of anilines is 1. The number of carboxylic acids is 2. The van der Waals surface area contributed by atoms with E-state index >= 15 is 0 Å². The molecule has 0 saturated heterocycles. The number of benzene rings is 2. The van der Waals surface area contributed by atoms with Crippen molar-refractivity contribution in [3.8, 4) is 16.2 Å². The van der Waals surface area contributed by atoms with E-state index in [0.29, 0.717) is 17.5 Å². The molecule has 6 nitrogen and oxygen atoms in total. The summed E-state index contributed by atoms with van der Waals surface area (Å²) in [6.45, 7) is 1.19. The van der Waals surface area contributed by atoms with Crippen LogP contribution < -0.4 is 10.1 Å². The predicted molar refractivity (Wildman–Crippen MR) is 130 cm³/mol. The molecule has 0 atom stereocenters. The first-order valence-electron chi connectivity index (χ1n) is 11.1. The minimum atomic E-state index is -1.15. The summed E-state index contributed by atoms with van der Waals surface area (Å²) in [5.41, 5.74) is 3.93. The molecule has 1 aliphatic carbocycles. The minimum Gasteiger partial charge on any atom is -0.480 e. The van der Waals surface area contributed by atoms with Crippen LogP contribution in [0.15, 0.2) is 54.6 Å². The number of carbonyl (C=O) groups is 2. The molecule has 0 radical (unpaired) electrons. The van der Waals surface area contributed by atoms with Crippen LogP contribution in [-0.2, 0) is 4.79 Å². The van der Waals surface area contributed by atoms with E-state index in [2.05, 4.69) is 35.6 Å². The standard InChI is InChI=1S/C26H27NO5S/c1-16-23(32-15-22(28)29)25(26(30)31)33-24(16)19-8-5-9-21(14-19)27-20-12-10-18(11-13-20)17-6-3-2-4-7-17/h2-9,14,18,20,27H,10-13,15H2,1H3,(H,28,29)(H,30,31)/t18-,20-. The van der Waals surface area contributed by atoms with Gasteiger partial charge in [-0.2, -0.15) is 0 Å². The predicted octanol–water partition coefficient (Wildman–Crippen LogP) is 6.02. The maximum absolute atomic E-state index is 11.7. The normalized spacial score (nSPS) is 18.0. The van der Waals surface area contributed by atoms with E-state index in [1.54, 1.807) is 6.92 Å². The van der Waals surface area contributed by atoms with Gasteiger partial charge in [0.2, 0.25) is 0 Å². The van der Waals surface area contributed by atoms with E-state index in [0.717, 1.165) is 53.1 Å². The number of rotatable bonds is 8. The molecule has 4 rings (SSSR count). The SMILES string of the molecule is Cc1c(-c2cccc(N[C@H]3CC[C@H](c4ccccc4)CC3)c2)sc(C(=O)O)c1OCC(=O)O. The highest BCUT2D eigenvalue weighted by Crippen LogP contribution is 2.42. The Bertz CT molecular complexity index is 1130. The van der Waals surface area contributed by atoms with Crippen LogP contribution in [0.4, 0.5) is 5.69 Å². The van der Waals surface area contributed by atoms with Crippen molar-refractivity contribution in [2.45, 2.75) is 44.6 Å². The molecule has 1 fully saturated rings. The molecule has 3 N–H and O–H groups in total. The molecule has 1 aliphatic rings. The van der Waals surface area contributed by atoms with Gasteiger partial charge in [-0.3, -0.25) is 0 Å². The summed E-state index contributed by atoms with van der Waals surface area (Å²) in [6, 6.07) is 19.0. The molecule has 0 aliphatic heterocycles. The summed E-state index contributed by atoms with van der Waals surface area (Å²) in [7, 11) is 0. The van der Waals surface area contributed by atoms with Crippen LogP contribution in [0.2, 0.25) is 0 Å². The molecule has 2 aromatic carbocycles. The molecule has 1 saturated carbocycles. The number of hydrogen-bond donors (Lipinski definition) is 3. The maximum atomic E-state index is 11.7. The fourth-order valence-corrected chi connectivity index (χ4v) is 5.59. The van der Waals surface area contributed by atoms with Crippen molar-refractivity contribution in [2.24, 2.45) is 0 Å². The second-order valence-corrected chi connectivity index (χ2v) is 9.41. The summed E-state index contributed by atoms with van der Waals surface area (Å²) in [6.07, 6.45) is 4.49.